The topological polar surface area (TPSA) is 97.8 Å². The van der Waals surface area contributed by atoms with Crippen LogP contribution in [0.1, 0.15) is 0 Å². The van der Waals surface area contributed by atoms with E-state index in [4.69, 9.17) is 11.5 Å². The van der Waals surface area contributed by atoms with Gasteiger partial charge in [-0.2, -0.15) is 4.98 Å². The number of thioether (sulfide) groups is 1. The van der Waals surface area contributed by atoms with E-state index in [1.165, 1.54) is 11.8 Å². The van der Waals surface area contributed by atoms with Crippen molar-refractivity contribution >= 4 is 23.5 Å². The highest BCUT2D eigenvalue weighted by molar-refractivity contribution is 7.98. The predicted molar refractivity (Wildman–Crippen MR) is 45.5 cm³/mol. The fourth-order valence-corrected chi connectivity index (χ4v) is 1.19. The molecule has 1 rings (SSSR count). The molecule has 5 N–H and O–H groups in total. The van der Waals surface area contributed by atoms with Crippen LogP contribution in [0.5, 0.6) is 0 Å². The third-order valence-corrected chi connectivity index (χ3v) is 1.93. The summed E-state index contributed by atoms with van der Waals surface area (Å²) in [7, 11) is 0. The number of nitrogens with zero attached hydrogens (tertiary/aromatic N) is 1. The van der Waals surface area contributed by atoms with Crippen molar-refractivity contribution in [2.24, 2.45) is 0 Å². The summed E-state index contributed by atoms with van der Waals surface area (Å²) in [5.41, 5.74) is 10.3. The predicted octanol–water partition coefficient (Wildman–Crippen LogP) is -0.344. The Morgan fingerprint density at radius 1 is 1.55 bits per heavy atom. The maximum Gasteiger partial charge on any atom is 0.268 e. The van der Waals surface area contributed by atoms with Crippen molar-refractivity contribution in [3.63, 3.8) is 0 Å². The van der Waals surface area contributed by atoms with Crippen molar-refractivity contribution in [3.05, 3.63) is 10.4 Å². The molecule has 11 heavy (non-hydrogen) atoms. The van der Waals surface area contributed by atoms with E-state index in [9.17, 15) is 4.79 Å². The quantitative estimate of drug-likeness (QED) is 0.503. The number of aromatic nitrogens is 2. The number of hydrogen-bond donors (Lipinski definition) is 3. The lowest BCUT2D eigenvalue weighted by atomic mass is 10.6. The van der Waals surface area contributed by atoms with Gasteiger partial charge < -0.3 is 11.5 Å². The lowest BCUT2D eigenvalue weighted by Gasteiger charge is -1.99. The summed E-state index contributed by atoms with van der Waals surface area (Å²) < 4.78 is 0. The van der Waals surface area contributed by atoms with Crippen molar-refractivity contribution in [1.82, 2.24) is 9.97 Å². The minimum atomic E-state index is -0.289. The summed E-state index contributed by atoms with van der Waals surface area (Å²) in [6.45, 7) is 0. The van der Waals surface area contributed by atoms with Crippen LogP contribution in [0.25, 0.3) is 0 Å². The smallest absolute Gasteiger partial charge is 0.268 e. The third-order valence-electron chi connectivity index (χ3n) is 1.13. The molecule has 0 amide bonds. The summed E-state index contributed by atoms with van der Waals surface area (Å²) >= 11 is 1.24. The Morgan fingerprint density at radius 3 is 2.64 bits per heavy atom. The number of nitrogens with two attached hydrogens (primary N) is 2. The van der Waals surface area contributed by atoms with Crippen LogP contribution in [0, 0.1) is 0 Å². The van der Waals surface area contributed by atoms with Gasteiger partial charge >= 0.3 is 0 Å². The van der Waals surface area contributed by atoms with Crippen molar-refractivity contribution in [1.29, 1.82) is 0 Å². The Kier molecular flexibility index (Phi) is 2.04. The molecule has 0 aliphatic heterocycles. The van der Waals surface area contributed by atoms with Crippen LogP contribution >= 0.6 is 11.8 Å². The number of nitrogens with one attached hydrogen (secondary N) is 1. The largest absolute Gasteiger partial charge is 0.382 e. The number of anilines is 2. The van der Waals surface area contributed by atoms with Gasteiger partial charge in [-0.05, 0) is 6.26 Å². The first-order chi connectivity index (χ1) is 5.15. The second-order valence-corrected chi connectivity index (χ2v) is 2.69. The van der Waals surface area contributed by atoms with Gasteiger partial charge in [-0.25, -0.2) is 0 Å². The lowest BCUT2D eigenvalue weighted by molar-refractivity contribution is 1.07. The highest BCUT2D eigenvalue weighted by atomic mass is 32.2. The van der Waals surface area contributed by atoms with Crippen molar-refractivity contribution in [3.8, 4) is 0 Å². The minimum Gasteiger partial charge on any atom is -0.382 e. The fraction of sp³-hybridized carbons (Fsp3) is 0.200. The van der Waals surface area contributed by atoms with E-state index < -0.39 is 0 Å². The van der Waals surface area contributed by atoms with Gasteiger partial charge in [0.1, 0.15) is 10.7 Å². The van der Waals surface area contributed by atoms with Gasteiger partial charge in [-0.3, -0.25) is 9.78 Å². The van der Waals surface area contributed by atoms with Crippen LogP contribution in [0.3, 0.4) is 0 Å². The van der Waals surface area contributed by atoms with E-state index in [1.807, 2.05) is 0 Å². The molecular weight excluding hydrogens is 164 g/mol. The standard InChI is InChI=1S/C5H8N4OS/c1-11-2-3(6)8-5(7)9-4(2)10/h1H3,(H5,6,7,8,9,10). The second kappa shape index (κ2) is 2.83. The minimum absolute atomic E-state index is 0.0466. The first-order valence-electron chi connectivity index (χ1n) is 2.84. The van der Waals surface area contributed by atoms with E-state index >= 15 is 0 Å². The first kappa shape index (κ1) is 7.93. The van der Waals surface area contributed by atoms with Crippen LogP contribution in [0.15, 0.2) is 9.69 Å². The molecule has 1 aromatic heterocycles. The Bertz CT molecular complexity index is 321. The number of aromatic amines is 1. The molecule has 0 radical (unpaired) electrons. The average molecular weight is 172 g/mol. The highest BCUT2D eigenvalue weighted by Crippen LogP contribution is 2.14. The van der Waals surface area contributed by atoms with E-state index in [2.05, 4.69) is 9.97 Å². The molecule has 0 aromatic carbocycles. The zero-order valence-electron chi connectivity index (χ0n) is 5.92. The molecule has 0 unspecified atom stereocenters. The van der Waals surface area contributed by atoms with Gasteiger partial charge in [0.25, 0.3) is 5.56 Å². The second-order valence-electron chi connectivity index (χ2n) is 1.87. The Hall–Kier alpha value is -1.17. The lowest BCUT2D eigenvalue weighted by Crippen LogP contribution is -2.15. The molecule has 0 fully saturated rings. The molecule has 0 saturated carbocycles. The van der Waals surface area contributed by atoms with E-state index in [0.717, 1.165) is 0 Å². The summed E-state index contributed by atoms with van der Waals surface area (Å²) in [6.07, 6.45) is 1.75. The van der Waals surface area contributed by atoms with Gasteiger partial charge in [0.05, 0.1) is 0 Å². The van der Waals surface area contributed by atoms with E-state index in [0.29, 0.717) is 4.90 Å². The zero-order valence-corrected chi connectivity index (χ0v) is 6.73. The Labute approximate surface area is 67.2 Å². The maximum atomic E-state index is 11.0. The molecule has 60 valence electrons. The molecule has 0 spiro atoms. The van der Waals surface area contributed by atoms with Crippen LogP contribution in [-0.4, -0.2) is 16.2 Å². The van der Waals surface area contributed by atoms with Crippen LogP contribution < -0.4 is 17.0 Å². The highest BCUT2D eigenvalue weighted by Gasteiger charge is 2.04. The van der Waals surface area contributed by atoms with Gasteiger partial charge in [0.2, 0.25) is 5.95 Å². The molecule has 0 bridgehead atoms. The van der Waals surface area contributed by atoms with Crippen LogP contribution in [0.4, 0.5) is 11.8 Å². The summed E-state index contributed by atoms with van der Waals surface area (Å²) in [5.74, 6) is 0.226. The molecule has 1 heterocycles. The summed E-state index contributed by atoms with van der Waals surface area (Å²) in [4.78, 5) is 17.4. The Morgan fingerprint density at radius 2 is 2.18 bits per heavy atom. The maximum absolute atomic E-state index is 11.0. The normalized spacial score (nSPS) is 9.91. The van der Waals surface area contributed by atoms with Gasteiger partial charge in [-0.1, -0.05) is 0 Å². The van der Waals surface area contributed by atoms with Gasteiger partial charge in [0, 0.05) is 0 Å². The van der Waals surface area contributed by atoms with Gasteiger partial charge in [0.15, 0.2) is 0 Å². The number of rotatable bonds is 1. The SMILES string of the molecule is CSc1c(N)nc(N)[nH]c1=O. The number of nitrogen functional groups attached to an aromatic ring is 2. The van der Waals surface area contributed by atoms with E-state index in [-0.39, 0.29) is 17.3 Å². The fourth-order valence-electron chi connectivity index (χ4n) is 0.695. The monoisotopic (exact) mass is 172 g/mol. The van der Waals surface area contributed by atoms with Crippen molar-refractivity contribution < 1.29 is 0 Å². The molecular formula is C5H8N4OS. The van der Waals surface area contributed by atoms with Crippen LogP contribution in [0.2, 0.25) is 0 Å². The molecule has 1 aromatic rings. The molecule has 0 aliphatic rings. The molecule has 0 saturated heterocycles. The van der Waals surface area contributed by atoms with Crippen molar-refractivity contribution in [2.45, 2.75) is 4.90 Å². The Balaban J connectivity index is 3.37. The summed E-state index contributed by atoms with van der Waals surface area (Å²) in [5, 5.41) is 0. The average Bonchev–Trinajstić information content (AvgIpc) is 1.85. The number of hydrogen-bond acceptors (Lipinski definition) is 5. The molecule has 6 heteroatoms. The molecule has 0 aliphatic carbocycles. The molecule has 0 atom stereocenters. The van der Waals surface area contributed by atoms with Gasteiger partial charge in [-0.15, -0.1) is 11.8 Å². The van der Waals surface area contributed by atoms with Crippen molar-refractivity contribution in [2.75, 3.05) is 17.7 Å². The van der Waals surface area contributed by atoms with Crippen LogP contribution in [-0.2, 0) is 0 Å². The molecule has 5 nitrogen and oxygen atoms in total. The number of H-pyrrole nitrogens is 1. The zero-order chi connectivity index (χ0) is 8.43. The van der Waals surface area contributed by atoms with E-state index in [1.54, 1.807) is 6.26 Å². The first-order valence-corrected chi connectivity index (χ1v) is 4.07. The summed E-state index contributed by atoms with van der Waals surface area (Å²) in [6, 6.07) is 0. The third kappa shape index (κ3) is 1.45.